The Balaban J connectivity index is 2.68. The van der Waals surface area contributed by atoms with Gasteiger partial charge in [-0.3, -0.25) is 5.32 Å². The molecule has 0 spiro atoms. The summed E-state index contributed by atoms with van der Waals surface area (Å²) in [6, 6.07) is 1.65. The molecule has 74 valence electrons. The van der Waals surface area contributed by atoms with Crippen LogP contribution in [0.25, 0.3) is 0 Å². The average molecular weight is 203 g/mol. The first-order valence-electron chi connectivity index (χ1n) is 4.21. The summed E-state index contributed by atoms with van der Waals surface area (Å²) in [5.74, 6) is 0.102. The van der Waals surface area contributed by atoms with E-state index in [0.29, 0.717) is 13.1 Å². The van der Waals surface area contributed by atoms with Crippen LogP contribution < -0.4 is 5.32 Å². The topological polar surface area (TPSA) is 73.2 Å². The number of piperazine rings is 1. The van der Waals surface area contributed by atoms with E-state index in [2.05, 4.69) is 5.32 Å². The predicted octanol–water partition coefficient (Wildman–Crippen LogP) is -0.867. The number of rotatable bonds is 2. The van der Waals surface area contributed by atoms with Gasteiger partial charge in [-0.15, -0.1) is 0 Å². The van der Waals surface area contributed by atoms with Crippen LogP contribution in [0.15, 0.2) is 0 Å². The fourth-order valence-corrected chi connectivity index (χ4v) is 2.36. The van der Waals surface area contributed by atoms with E-state index in [-0.39, 0.29) is 18.3 Å². The number of nitrogens with zero attached hydrogens (tertiary/aromatic N) is 2. The number of nitriles is 1. The number of hydrogen-bond donors (Lipinski definition) is 1. The highest BCUT2D eigenvalue weighted by atomic mass is 32.2. The third-order valence-corrected chi connectivity index (χ3v) is 3.90. The quantitative estimate of drug-likeness (QED) is 0.633. The van der Waals surface area contributed by atoms with Crippen LogP contribution in [0.5, 0.6) is 0 Å². The molecule has 1 aliphatic heterocycles. The summed E-state index contributed by atoms with van der Waals surface area (Å²) in [4.78, 5) is 0. The molecule has 0 radical (unpaired) electrons. The summed E-state index contributed by atoms with van der Waals surface area (Å²) in [7, 11) is -3.12. The predicted molar refractivity (Wildman–Crippen MR) is 48.4 cm³/mol. The van der Waals surface area contributed by atoms with E-state index in [1.54, 1.807) is 6.92 Å². The standard InChI is InChI=1S/C7H13N3O2S/c1-2-13(11,12)10-4-3-9-7(5-8)6-10/h7,9H,2-4,6H2,1H3. The van der Waals surface area contributed by atoms with Gasteiger partial charge in [0, 0.05) is 19.6 Å². The highest BCUT2D eigenvalue weighted by Crippen LogP contribution is 2.05. The van der Waals surface area contributed by atoms with E-state index in [1.807, 2.05) is 6.07 Å². The maximum absolute atomic E-state index is 11.4. The lowest BCUT2D eigenvalue weighted by Crippen LogP contribution is -2.52. The molecule has 1 aliphatic rings. The van der Waals surface area contributed by atoms with Gasteiger partial charge in [-0.05, 0) is 6.92 Å². The second kappa shape index (κ2) is 4.05. The zero-order valence-corrected chi connectivity index (χ0v) is 8.34. The van der Waals surface area contributed by atoms with Crippen molar-refractivity contribution in [1.82, 2.24) is 9.62 Å². The SMILES string of the molecule is CCS(=O)(=O)N1CCNC(C#N)C1. The van der Waals surface area contributed by atoms with E-state index in [0.717, 1.165) is 0 Å². The Hall–Kier alpha value is -0.640. The highest BCUT2D eigenvalue weighted by molar-refractivity contribution is 7.89. The van der Waals surface area contributed by atoms with Gasteiger partial charge in [-0.1, -0.05) is 0 Å². The van der Waals surface area contributed by atoms with E-state index < -0.39 is 10.0 Å². The van der Waals surface area contributed by atoms with Crippen LogP contribution in [-0.2, 0) is 10.0 Å². The Labute approximate surface area is 78.4 Å². The lowest BCUT2D eigenvalue weighted by molar-refractivity contribution is 0.330. The molecule has 1 N–H and O–H groups in total. The third kappa shape index (κ3) is 2.40. The fraction of sp³-hybridized carbons (Fsp3) is 0.857. The maximum Gasteiger partial charge on any atom is 0.213 e. The molecule has 5 nitrogen and oxygen atoms in total. The molecule has 0 bridgehead atoms. The van der Waals surface area contributed by atoms with Crippen molar-refractivity contribution in [2.75, 3.05) is 25.4 Å². The Kier molecular flexibility index (Phi) is 3.25. The number of nitrogens with one attached hydrogen (secondary N) is 1. The molecule has 0 saturated carbocycles. The second-order valence-corrected chi connectivity index (χ2v) is 5.15. The summed E-state index contributed by atoms with van der Waals surface area (Å²) in [5.41, 5.74) is 0. The maximum atomic E-state index is 11.4. The van der Waals surface area contributed by atoms with Crippen molar-refractivity contribution < 1.29 is 8.42 Å². The van der Waals surface area contributed by atoms with Gasteiger partial charge < -0.3 is 0 Å². The Morgan fingerprint density at radius 3 is 2.92 bits per heavy atom. The van der Waals surface area contributed by atoms with Crippen LogP contribution in [0.4, 0.5) is 0 Å². The van der Waals surface area contributed by atoms with E-state index in [1.165, 1.54) is 4.31 Å². The van der Waals surface area contributed by atoms with Gasteiger partial charge in [-0.25, -0.2) is 8.42 Å². The Morgan fingerprint density at radius 2 is 2.38 bits per heavy atom. The van der Waals surface area contributed by atoms with Crippen LogP contribution in [-0.4, -0.2) is 44.2 Å². The zero-order chi connectivity index (χ0) is 9.90. The minimum atomic E-state index is -3.12. The van der Waals surface area contributed by atoms with Crippen LogP contribution in [0.1, 0.15) is 6.92 Å². The molecular formula is C7H13N3O2S. The van der Waals surface area contributed by atoms with E-state index in [4.69, 9.17) is 5.26 Å². The number of sulfonamides is 1. The molecule has 0 aromatic rings. The molecule has 1 atom stereocenters. The number of hydrogen-bond acceptors (Lipinski definition) is 4. The molecule has 0 aromatic carbocycles. The molecule has 6 heteroatoms. The van der Waals surface area contributed by atoms with Gasteiger partial charge >= 0.3 is 0 Å². The zero-order valence-electron chi connectivity index (χ0n) is 7.52. The molecule has 13 heavy (non-hydrogen) atoms. The summed E-state index contributed by atoms with van der Waals surface area (Å²) in [6.07, 6.45) is 0. The summed E-state index contributed by atoms with van der Waals surface area (Å²) in [5, 5.41) is 11.5. The van der Waals surface area contributed by atoms with Gasteiger partial charge in [0.2, 0.25) is 10.0 Å². The summed E-state index contributed by atoms with van der Waals surface area (Å²) in [6.45, 7) is 2.90. The van der Waals surface area contributed by atoms with Crippen molar-refractivity contribution in [3.05, 3.63) is 0 Å². The average Bonchev–Trinajstić information content (AvgIpc) is 2.18. The van der Waals surface area contributed by atoms with Crippen molar-refractivity contribution in [2.24, 2.45) is 0 Å². The van der Waals surface area contributed by atoms with Gasteiger partial charge in [0.05, 0.1) is 11.8 Å². The van der Waals surface area contributed by atoms with Gasteiger partial charge in [0.15, 0.2) is 0 Å². The fourth-order valence-electron chi connectivity index (χ4n) is 1.24. The van der Waals surface area contributed by atoms with Crippen LogP contribution in [0, 0.1) is 11.3 Å². The van der Waals surface area contributed by atoms with Crippen LogP contribution >= 0.6 is 0 Å². The monoisotopic (exact) mass is 203 g/mol. The molecule has 1 heterocycles. The van der Waals surface area contributed by atoms with Crippen LogP contribution in [0.2, 0.25) is 0 Å². The summed E-state index contributed by atoms with van der Waals surface area (Å²) >= 11 is 0. The minimum Gasteiger partial charge on any atom is -0.300 e. The van der Waals surface area contributed by atoms with Gasteiger partial charge in [-0.2, -0.15) is 9.57 Å². The lowest BCUT2D eigenvalue weighted by atomic mass is 10.3. The lowest BCUT2D eigenvalue weighted by Gasteiger charge is -2.29. The molecule has 1 saturated heterocycles. The third-order valence-electron chi connectivity index (χ3n) is 2.05. The van der Waals surface area contributed by atoms with Gasteiger partial charge in [0.25, 0.3) is 0 Å². The first-order chi connectivity index (χ1) is 6.10. The molecule has 1 rings (SSSR count). The first kappa shape index (κ1) is 10.4. The highest BCUT2D eigenvalue weighted by Gasteiger charge is 2.26. The van der Waals surface area contributed by atoms with Crippen molar-refractivity contribution in [3.8, 4) is 6.07 Å². The molecular weight excluding hydrogens is 190 g/mol. The minimum absolute atomic E-state index is 0.102. The van der Waals surface area contributed by atoms with Crippen molar-refractivity contribution in [2.45, 2.75) is 13.0 Å². The van der Waals surface area contributed by atoms with Crippen molar-refractivity contribution in [3.63, 3.8) is 0 Å². The molecule has 0 aliphatic carbocycles. The van der Waals surface area contributed by atoms with E-state index in [9.17, 15) is 8.42 Å². The largest absolute Gasteiger partial charge is 0.300 e. The van der Waals surface area contributed by atoms with Crippen LogP contribution in [0.3, 0.4) is 0 Å². The first-order valence-corrected chi connectivity index (χ1v) is 5.82. The molecule has 1 fully saturated rings. The van der Waals surface area contributed by atoms with Gasteiger partial charge in [0.1, 0.15) is 6.04 Å². The smallest absolute Gasteiger partial charge is 0.213 e. The molecule has 0 aromatic heterocycles. The molecule has 1 unspecified atom stereocenters. The normalized spacial score (nSPS) is 25.4. The van der Waals surface area contributed by atoms with E-state index >= 15 is 0 Å². The Morgan fingerprint density at radius 1 is 1.69 bits per heavy atom. The van der Waals surface area contributed by atoms with Crippen molar-refractivity contribution >= 4 is 10.0 Å². The Bertz CT molecular complexity index is 306. The summed E-state index contributed by atoms with van der Waals surface area (Å²) < 4.78 is 24.2. The molecule has 0 amide bonds. The second-order valence-electron chi connectivity index (χ2n) is 2.89. The van der Waals surface area contributed by atoms with Crippen molar-refractivity contribution in [1.29, 1.82) is 5.26 Å².